The van der Waals surface area contributed by atoms with Crippen LogP contribution in [0.2, 0.25) is 5.02 Å². The SMILES string of the molecule is COC(=O)C12CC(c3ccc(Cl)cc31)c1ccc([N+](=O)[O-])cc12. The third-order valence-electron chi connectivity index (χ3n) is 4.98. The van der Waals surface area contributed by atoms with Gasteiger partial charge in [-0.1, -0.05) is 23.7 Å². The van der Waals surface area contributed by atoms with Gasteiger partial charge in [-0.15, -0.1) is 0 Å². The van der Waals surface area contributed by atoms with Gasteiger partial charge in [0.05, 0.1) is 12.0 Å². The number of carbonyl (C=O) groups excluding carboxylic acids is 1. The third-order valence-corrected chi connectivity index (χ3v) is 5.21. The number of rotatable bonds is 2. The first-order valence-corrected chi connectivity index (χ1v) is 7.54. The van der Waals surface area contributed by atoms with Gasteiger partial charge < -0.3 is 4.74 Å². The summed E-state index contributed by atoms with van der Waals surface area (Å²) in [6.07, 6.45) is 0.534. The number of hydrogen-bond acceptors (Lipinski definition) is 4. The summed E-state index contributed by atoms with van der Waals surface area (Å²) >= 11 is 6.12. The zero-order valence-electron chi connectivity index (χ0n) is 12.2. The van der Waals surface area contributed by atoms with Gasteiger partial charge >= 0.3 is 5.97 Å². The number of nitro benzene ring substituents is 1. The van der Waals surface area contributed by atoms with Crippen molar-refractivity contribution in [1.29, 1.82) is 0 Å². The van der Waals surface area contributed by atoms with Gasteiger partial charge in [-0.25, -0.2) is 0 Å². The Morgan fingerprint density at radius 1 is 1.26 bits per heavy atom. The zero-order valence-corrected chi connectivity index (χ0v) is 13.0. The molecule has 6 heteroatoms. The predicted molar refractivity (Wildman–Crippen MR) is 83.8 cm³/mol. The first-order chi connectivity index (χ1) is 11.0. The van der Waals surface area contributed by atoms with Crippen LogP contribution >= 0.6 is 11.6 Å². The number of non-ortho nitro benzene ring substituents is 1. The van der Waals surface area contributed by atoms with Crippen molar-refractivity contribution in [2.45, 2.75) is 17.8 Å². The second-order valence-electron chi connectivity index (χ2n) is 5.91. The van der Waals surface area contributed by atoms with E-state index in [0.29, 0.717) is 17.0 Å². The van der Waals surface area contributed by atoms with Gasteiger partial charge in [-0.05, 0) is 40.8 Å². The van der Waals surface area contributed by atoms with E-state index in [1.54, 1.807) is 18.2 Å². The summed E-state index contributed by atoms with van der Waals surface area (Å²) in [7, 11) is 1.34. The smallest absolute Gasteiger partial charge is 0.320 e. The Balaban J connectivity index is 2.04. The summed E-state index contributed by atoms with van der Waals surface area (Å²) in [6.45, 7) is 0. The number of benzene rings is 2. The van der Waals surface area contributed by atoms with E-state index < -0.39 is 16.3 Å². The van der Waals surface area contributed by atoms with Crippen LogP contribution in [0, 0.1) is 10.1 Å². The molecule has 0 spiro atoms. The Labute approximate surface area is 137 Å². The first-order valence-electron chi connectivity index (χ1n) is 7.16. The van der Waals surface area contributed by atoms with Crippen LogP contribution in [0.5, 0.6) is 0 Å². The van der Waals surface area contributed by atoms with Gasteiger partial charge in [0, 0.05) is 23.1 Å². The molecule has 2 aliphatic rings. The van der Waals surface area contributed by atoms with Gasteiger partial charge in [-0.2, -0.15) is 0 Å². The highest BCUT2D eigenvalue weighted by molar-refractivity contribution is 6.30. The van der Waals surface area contributed by atoms with Crippen LogP contribution in [0.1, 0.15) is 34.6 Å². The van der Waals surface area contributed by atoms with E-state index in [9.17, 15) is 14.9 Å². The lowest BCUT2D eigenvalue weighted by atomic mass is 9.75. The molecule has 2 atom stereocenters. The molecule has 0 aromatic heterocycles. The summed E-state index contributed by atoms with van der Waals surface area (Å²) in [6, 6.07) is 10.2. The quantitative estimate of drug-likeness (QED) is 0.480. The van der Waals surface area contributed by atoms with Crippen LogP contribution in [-0.4, -0.2) is 18.0 Å². The summed E-state index contributed by atoms with van der Waals surface area (Å²) in [5.41, 5.74) is 2.44. The maximum Gasteiger partial charge on any atom is 0.320 e. The molecule has 2 bridgehead atoms. The number of carbonyl (C=O) groups is 1. The van der Waals surface area contributed by atoms with Crippen molar-refractivity contribution in [3.8, 4) is 0 Å². The largest absolute Gasteiger partial charge is 0.468 e. The van der Waals surface area contributed by atoms with E-state index in [2.05, 4.69) is 0 Å². The van der Waals surface area contributed by atoms with Crippen LogP contribution in [0.25, 0.3) is 0 Å². The lowest BCUT2D eigenvalue weighted by molar-refractivity contribution is -0.384. The Bertz CT molecular complexity index is 879. The summed E-state index contributed by atoms with van der Waals surface area (Å²) in [4.78, 5) is 23.3. The highest BCUT2D eigenvalue weighted by atomic mass is 35.5. The number of nitrogens with zero attached hydrogens (tertiary/aromatic N) is 1. The maximum absolute atomic E-state index is 12.7. The number of fused-ring (bicyclic) bond motifs is 8. The zero-order chi connectivity index (χ0) is 16.4. The molecule has 2 aromatic rings. The molecule has 0 N–H and O–H groups in total. The van der Waals surface area contributed by atoms with E-state index in [4.69, 9.17) is 16.3 Å². The molecule has 2 aliphatic carbocycles. The molecule has 2 unspecified atom stereocenters. The fourth-order valence-corrected chi connectivity index (χ4v) is 4.24. The Morgan fingerprint density at radius 2 is 1.91 bits per heavy atom. The van der Waals surface area contributed by atoms with E-state index in [1.165, 1.54) is 19.2 Å². The highest BCUT2D eigenvalue weighted by Gasteiger charge is 2.58. The number of ether oxygens (including phenoxy) is 1. The van der Waals surface area contributed by atoms with Crippen molar-refractivity contribution in [1.82, 2.24) is 0 Å². The Kier molecular flexibility index (Phi) is 2.81. The number of esters is 1. The summed E-state index contributed by atoms with van der Waals surface area (Å²) in [5.74, 6) is -0.361. The molecule has 0 aliphatic heterocycles. The molecule has 0 fully saturated rings. The van der Waals surface area contributed by atoms with Crippen LogP contribution in [0.3, 0.4) is 0 Å². The van der Waals surface area contributed by atoms with Crippen molar-refractivity contribution < 1.29 is 14.5 Å². The Morgan fingerprint density at radius 3 is 2.57 bits per heavy atom. The molecular formula is C17H12ClNO4. The summed E-state index contributed by atoms with van der Waals surface area (Å²) < 4.78 is 5.06. The minimum atomic E-state index is -0.999. The second-order valence-corrected chi connectivity index (χ2v) is 6.35. The monoisotopic (exact) mass is 329 g/mol. The number of nitro groups is 1. The predicted octanol–water partition coefficient (Wildman–Crippen LogP) is 3.56. The van der Waals surface area contributed by atoms with Crippen LogP contribution in [-0.2, 0) is 14.9 Å². The fourth-order valence-electron chi connectivity index (χ4n) is 4.07. The molecular weight excluding hydrogens is 318 g/mol. The lowest BCUT2D eigenvalue weighted by Crippen LogP contribution is -2.35. The maximum atomic E-state index is 12.7. The topological polar surface area (TPSA) is 69.4 Å². The molecule has 5 nitrogen and oxygen atoms in total. The van der Waals surface area contributed by atoms with Crippen molar-refractivity contribution in [2.75, 3.05) is 7.11 Å². The molecule has 0 saturated heterocycles. The van der Waals surface area contributed by atoms with E-state index in [1.807, 2.05) is 6.07 Å². The van der Waals surface area contributed by atoms with Gasteiger partial charge in [-0.3, -0.25) is 14.9 Å². The second kappa shape index (κ2) is 4.55. The lowest BCUT2D eigenvalue weighted by Gasteiger charge is -2.28. The van der Waals surface area contributed by atoms with Gasteiger partial charge in [0.25, 0.3) is 5.69 Å². The molecule has 0 heterocycles. The van der Waals surface area contributed by atoms with Crippen LogP contribution in [0.4, 0.5) is 5.69 Å². The molecule has 0 saturated carbocycles. The average molecular weight is 330 g/mol. The average Bonchev–Trinajstić information content (AvgIpc) is 3.06. The number of methoxy groups -OCH3 is 1. The fraction of sp³-hybridized carbons (Fsp3) is 0.235. The van der Waals surface area contributed by atoms with Gasteiger partial charge in [0.2, 0.25) is 0 Å². The van der Waals surface area contributed by atoms with Crippen molar-refractivity contribution in [2.24, 2.45) is 0 Å². The van der Waals surface area contributed by atoms with Crippen molar-refractivity contribution >= 4 is 23.3 Å². The van der Waals surface area contributed by atoms with Crippen LogP contribution < -0.4 is 0 Å². The minimum Gasteiger partial charge on any atom is -0.468 e. The molecule has 2 aromatic carbocycles. The molecule has 0 radical (unpaired) electrons. The minimum absolute atomic E-state index is 0.0249. The van der Waals surface area contributed by atoms with Crippen molar-refractivity contribution in [3.63, 3.8) is 0 Å². The van der Waals surface area contributed by atoms with Crippen LogP contribution in [0.15, 0.2) is 36.4 Å². The van der Waals surface area contributed by atoms with E-state index in [-0.39, 0.29) is 11.6 Å². The molecule has 4 rings (SSSR count). The number of hydrogen-bond donors (Lipinski definition) is 0. The normalized spacial score (nSPS) is 23.3. The molecule has 116 valence electrons. The van der Waals surface area contributed by atoms with Crippen molar-refractivity contribution in [3.05, 3.63) is 73.8 Å². The van der Waals surface area contributed by atoms with Gasteiger partial charge in [0.15, 0.2) is 0 Å². The summed E-state index contributed by atoms with van der Waals surface area (Å²) in [5, 5.41) is 11.7. The highest BCUT2D eigenvalue weighted by Crippen LogP contribution is 2.61. The standard InChI is InChI=1S/C17H12ClNO4/c1-23-16(20)17-8-13(11-4-2-9(18)6-14(11)17)12-5-3-10(19(21)22)7-15(12)17/h2-7,13H,8H2,1H3. The Hall–Kier alpha value is -2.40. The third kappa shape index (κ3) is 1.65. The number of halogens is 1. The van der Waals surface area contributed by atoms with E-state index >= 15 is 0 Å². The molecule has 23 heavy (non-hydrogen) atoms. The molecule has 0 amide bonds. The van der Waals surface area contributed by atoms with E-state index in [0.717, 1.165) is 16.7 Å². The van der Waals surface area contributed by atoms with Gasteiger partial charge in [0.1, 0.15) is 5.41 Å². The first kappa shape index (κ1) is 14.2.